The summed E-state index contributed by atoms with van der Waals surface area (Å²) in [6.45, 7) is 0. The molecule has 1 aromatic heterocycles. The van der Waals surface area contributed by atoms with Crippen LogP contribution in [0.5, 0.6) is 0 Å². The summed E-state index contributed by atoms with van der Waals surface area (Å²) in [6, 6.07) is 50.8. The van der Waals surface area contributed by atoms with Crippen LogP contribution in [0.25, 0.3) is 44.1 Å². The van der Waals surface area contributed by atoms with E-state index in [4.69, 9.17) is 9.40 Å². The Labute approximate surface area is 221 Å². The monoisotopic (exact) mass is 488 g/mol. The third kappa shape index (κ3) is 3.91. The molecule has 3 heteroatoms. The van der Waals surface area contributed by atoms with Gasteiger partial charge in [0.1, 0.15) is 5.52 Å². The molecule has 0 radical (unpaired) electrons. The molecule has 180 valence electrons. The molecular weight excluding hydrogens is 464 g/mol. The van der Waals surface area contributed by atoms with Crippen LogP contribution in [0.3, 0.4) is 0 Å². The average Bonchev–Trinajstić information content (AvgIpc) is 3.43. The fourth-order valence-corrected chi connectivity index (χ4v) is 5.06. The third-order valence-electron chi connectivity index (χ3n) is 6.93. The maximum absolute atomic E-state index is 6.47. The lowest BCUT2D eigenvalue weighted by Gasteiger charge is -2.24. The second-order valence-corrected chi connectivity index (χ2v) is 9.26. The number of para-hydroxylation sites is 1. The zero-order valence-electron chi connectivity index (χ0n) is 20.7. The highest BCUT2D eigenvalue weighted by molar-refractivity contribution is 6.04. The molecule has 0 atom stereocenters. The predicted molar refractivity (Wildman–Crippen MR) is 157 cm³/mol. The predicted octanol–water partition coefficient (Wildman–Crippen LogP) is 9.78. The van der Waals surface area contributed by atoms with Crippen LogP contribution >= 0.6 is 0 Å². The second-order valence-electron chi connectivity index (χ2n) is 9.26. The summed E-state index contributed by atoms with van der Waals surface area (Å²) >= 11 is 0. The number of benzene rings is 6. The van der Waals surface area contributed by atoms with Gasteiger partial charge >= 0.3 is 6.01 Å². The summed E-state index contributed by atoms with van der Waals surface area (Å²) in [5.74, 6) is 0. The number of hydrogen-bond acceptors (Lipinski definition) is 3. The van der Waals surface area contributed by atoms with Gasteiger partial charge in [0.15, 0.2) is 5.58 Å². The fourth-order valence-electron chi connectivity index (χ4n) is 5.06. The van der Waals surface area contributed by atoms with Crippen molar-refractivity contribution >= 4 is 39.3 Å². The van der Waals surface area contributed by atoms with Crippen molar-refractivity contribution in [1.82, 2.24) is 4.98 Å². The van der Waals surface area contributed by atoms with Crippen molar-refractivity contribution in [2.45, 2.75) is 0 Å². The van der Waals surface area contributed by atoms with Gasteiger partial charge in [-0.05, 0) is 46.3 Å². The van der Waals surface area contributed by atoms with Gasteiger partial charge in [-0.1, -0.05) is 121 Å². The third-order valence-corrected chi connectivity index (χ3v) is 6.93. The van der Waals surface area contributed by atoms with E-state index in [0.29, 0.717) is 6.01 Å². The molecular formula is C35H24N2O. The van der Waals surface area contributed by atoms with Gasteiger partial charge in [0, 0.05) is 10.9 Å². The van der Waals surface area contributed by atoms with E-state index in [2.05, 4.69) is 120 Å². The van der Waals surface area contributed by atoms with E-state index in [1.807, 2.05) is 30.3 Å². The van der Waals surface area contributed by atoms with Crippen molar-refractivity contribution in [3.63, 3.8) is 0 Å². The van der Waals surface area contributed by atoms with E-state index in [1.54, 1.807) is 0 Å². The maximum Gasteiger partial charge on any atom is 0.307 e. The second kappa shape index (κ2) is 9.38. The molecule has 0 aliphatic carbocycles. The lowest BCUT2D eigenvalue weighted by atomic mass is 10.0. The zero-order chi connectivity index (χ0) is 25.3. The molecule has 0 fully saturated rings. The lowest BCUT2D eigenvalue weighted by molar-refractivity contribution is 0.608. The number of hydrogen-bond donors (Lipinski definition) is 0. The minimum absolute atomic E-state index is 0.534. The average molecular weight is 489 g/mol. The van der Waals surface area contributed by atoms with Crippen molar-refractivity contribution in [3.8, 4) is 22.3 Å². The van der Waals surface area contributed by atoms with Crippen LogP contribution in [0.4, 0.5) is 17.4 Å². The Hall–Kier alpha value is -5.15. The molecule has 0 unspecified atom stereocenters. The molecule has 38 heavy (non-hydrogen) atoms. The summed E-state index contributed by atoms with van der Waals surface area (Å²) in [4.78, 5) is 7.19. The Bertz CT molecular complexity index is 1860. The molecule has 0 bridgehead atoms. The molecule has 0 spiro atoms. The van der Waals surface area contributed by atoms with Gasteiger partial charge in [-0.25, -0.2) is 0 Å². The van der Waals surface area contributed by atoms with Gasteiger partial charge in [-0.2, -0.15) is 4.98 Å². The first kappa shape index (κ1) is 22.1. The van der Waals surface area contributed by atoms with Gasteiger partial charge in [-0.3, -0.25) is 4.90 Å². The molecule has 7 rings (SSSR count). The SMILES string of the molecule is c1ccc(-c2ccc(N(c3nc4c(ccc5ccccc54)o3)c3ccccc3-c3ccccc3)cc2)cc1. The maximum atomic E-state index is 6.47. The number of fused-ring (bicyclic) bond motifs is 3. The van der Waals surface area contributed by atoms with Crippen molar-refractivity contribution in [2.24, 2.45) is 0 Å². The largest absolute Gasteiger partial charge is 0.423 e. The molecule has 0 aliphatic heterocycles. The van der Waals surface area contributed by atoms with Crippen LogP contribution in [0, 0.1) is 0 Å². The molecule has 7 aromatic rings. The first-order valence-corrected chi connectivity index (χ1v) is 12.7. The Morgan fingerprint density at radius 3 is 1.92 bits per heavy atom. The molecule has 1 heterocycles. The highest BCUT2D eigenvalue weighted by atomic mass is 16.4. The van der Waals surface area contributed by atoms with E-state index >= 15 is 0 Å². The van der Waals surface area contributed by atoms with Crippen molar-refractivity contribution in [1.29, 1.82) is 0 Å². The highest BCUT2D eigenvalue weighted by Gasteiger charge is 2.22. The van der Waals surface area contributed by atoms with Crippen LogP contribution in [-0.2, 0) is 0 Å². The Morgan fingerprint density at radius 1 is 0.500 bits per heavy atom. The molecule has 0 N–H and O–H groups in total. The molecule has 0 saturated carbocycles. The van der Waals surface area contributed by atoms with Gasteiger partial charge in [0.2, 0.25) is 0 Å². The Kier molecular flexibility index (Phi) is 5.45. The summed E-state index contributed by atoms with van der Waals surface area (Å²) in [6.07, 6.45) is 0. The van der Waals surface area contributed by atoms with E-state index in [9.17, 15) is 0 Å². The number of nitrogens with zero attached hydrogens (tertiary/aromatic N) is 2. The normalized spacial score (nSPS) is 11.2. The minimum atomic E-state index is 0.534. The topological polar surface area (TPSA) is 29.3 Å². The smallest absolute Gasteiger partial charge is 0.307 e. The Morgan fingerprint density at radius 2 is 1.13 bits per heavy atom. The van der Waals surface area contributed by atoms with E-state index in [-0.39, 0.29) is 0 Å². The van der Waals surface area contributed by atoms with Gasteiger partial charge in [-0.15, -0.1) is 0 Å². The first-order chi connectivity index (χ1) is 18.8. The van der Waals surface area contributed by atoms with Gasteiger partial charge < -0.3 is 4.42 Å². The summed E-state index contributed by atoms with van der Waals surface area (Å²) in [7, 11) is 0. The van der Waals surface area contributed by atoms with Crippen LogP contribution in [0.15, 0.2) is 150 Å². The Balaban J connectivity index is 1.43. The molecule has 3 nitrogen and oxygen atoms in total. The standard InChI is InChI=1S/C35H24N2O/c1-3-11-25(12-4-1)26-19-22-29(23-20-26)37(32-18-10-9-16-30(32)27-13-5-2-6-14-27)35-36-34-31-17-8-7-15-28(31)21-24-33(34)38-35/h1-24H. The van der Waals surface area contributed by atoms with E-state index in [1.165, 1.54) is 5.56 Å². The van der Waals surface area contributed by atoms with Crippen LogP contribution < -0.4 is 4.90 Å². The molecule has 0 amide bonds. The summed E-state index contributed by atoms with van der Waals surface area (Å²) in [5.41, 5.74) is 8.19. The van der Waals surface area contributed by atoms with Gasteiger partial charge in [0.25, 0.3) is 0 Å². The summed E-state index contributed by atoms with van der Waals surface area (Å²) < 4.78 is 6.47. The first-order valence-electron chi connectivity index (χ1n) is 12.7. The minimum Gasteiger partial charge on any atom is -0.423 e. The number of aromatic nitrogens is 1. The number of oxazole rings is 1. The van der Waals surface area contributed by atoms with E-state index in [0.717, 1.165) is 49.9 Å². The quantitative estimate of drug-likeness (QED) is 0.241. The van der Waals surface area contributed by atoms with E-state index < -0.39 is 0 Å². The number of rotatable bonds is 5. The summed E-state index contributed by atoms with van der Waals surface area (Å²) in [5, 5.41) is 2.22. The van der Waals surface area contributed by atoms with Crippen molar-refractivity contribution in [2.75, 3.05) is 4.90 Å². The highest BCUT2D eigenvalue weighted by Crippen LogP contribution is 2.42. The zero-order valence-corrected chi connectivity index (χ0v) is 20.7. The fraction of sp³-hybridized carbons (Fsp3) is 0. The van der Waals surface area contributed by atoms with Crippen molar-refractivity contribution in [3.05, 3.63) is 146 Å². The van der Waals surface area contributed by atoms with Gasteiger partial charge in [0.05, 0.1) is 11.4 Å². The van der Waals surface area contributed by atoms with Crippen LogP contribution in [0.1, 0.15) is 0 Å². The van der Waals surface area contributed by atoms with Crippen LogP contribution in [0.2, 0.25) is 0 Å². The number of anilines is 3. The lowest BCUT2D eigenvalue weighted by Crippen LogP contribution is -2.11. The molecule has 0 saturated heterocycles. The van der Waals surface area contributed by atoms with Crippen LogP contribution in [-0.4, -0.2) is 4.98 Å². The van der Waals surface area contributed by atoms with Crippen molar-refractivity contribution < 1.29 is 4.42 Å². The molecule has 6 aromatic carbocycles. The molecule has 0 aliphatic rings.